The molecular weight excluding hydrogens is 318 g/mol. The summed E-state index contributed by atoms with van der Waals surface area (Å²) in [6.07, 6.45) is -0.350. The zero-order chi connectivity index (χ0) is 18.0. The van der Waals surface area contributed by atoms with E-state index in [1.165, 1.54) is 0 Å². The van der Waals surface area contributed by atoms with Gasteiger partial charge in [0.1, 0.15) is 5.69 Å². The number of aryl methyl sites for hydroxylation is 2. The van der Waals surface area contributed by atoms with Gasteiger partial charge in [0, 0.05) is 5.69 Å². The van der Waals surface area contributed by atoms with Gasteiger partial charge in [-0.15, -0.1) is 0 Å². The Bertz CT molecular complexity index is 1040. The van der Waals surface area contributed by atoms with Crippen LogP contribution in [0, 0.1) is 13.8 Å². The first-order chi connectivity index (χ1) is 11.9. The molecule has 0 fully saturated rings. The molecule has 0 spiro atoms. The number of Topliss-reactive ketones (excluding diaryl/α,β-unsaturated/α-hetero) is 1. The zero-order valence-electron chi connectivity index (χ0n) is 13.9. The SMILES string of the molecule is Cc1ccc(NC(=O)C(=O)Cc2nc3ccccc3[nH]c2=O)cc1C. The molecule has 0 aliphatic rings. The number of anilines is 1. The molecule has 6 heteroatoms. The van der Waals surface area contributed by atoms with Crippen molar-refractivity contribution in [3.63, 3.8) is 0 Å². The van der Waals surface area contributed by atoms with Gasteiger partial charge in [-0.05, 0) is 49.2 Å². The molecule has 1 heterocycles. The Hall–Kier alpha value is -3.28. The molecule has 0 aliphatic carbocycles. The molecule has 0 unspecified atom stereocenters. The number of aromatic nitrogens is 2. The highest BCUT2D eigenvalue weighted by Crippen LogP contribution is 2.14. The summed E-state index contributed by atoms with van der Waals surface area (Å²) in [4.78, 5) is 43.1. The summed E-state index contributed by atoms with van der Waals surface area (Å²) in [5.41, 5.74) is 3.36. The predicted octanol–water partition coefficient (Wildman–Crippen LogP) is 2.29. The number of ketones is 1. The summed E-state index contributed by atoms with van der Waals surface area (Å²) in [5.74, 6) is -1.48. The standard InChI is InChI=1S/C19H17N3O3/c1-11-7-8-13(9-12(11)2)20-19(25)17(23)10-16-18(24)22-15-6-4-3-5-14(15)21-16/h3-9H,10H2,1-2H3,(H,20,25)(H,22,24). The van der Waals surface area contributed by atoms with E-state index in [1.807, 2.05) is 19.9 Å². The molecule has 0 atom stereocenters. The second-order valence-electron chi connectivity index (χ2n) is 5.88. The third kappa shape index (κ3) is 3.63. The molecule has 3 aromatic rings. The maximum Gasteiger partial charge on any atom is 0.292 e. The number of benzene rings is 2. The van der Waals surface area contributed by atoms with Gasteiger partial charge in [0.25, 0.3) is 11.5 Å². The molecule has 25 heavy (non-hydrogen) atoms. The van der Waals surface area contributed by atoms with Crippen LogP contribution in [-0.4, -0.2) is 21.7 Å². The van der Waals surface area contributed by atoms with E-state index < -0.39 is 17.2 Å². The molecule has 126 valence electrons. The normalized spacial score (nSPS) is 10.6. The molecule has 0 bridgehead atoms. The van der Waals surface area contributed by atoms with Crippen LogP contribution in [0.2, 0.25) is 0 Å². The summed E-state index contributed by atoms with van der Waals surface area (Å²) in [6.45, 7) is 3.88. The highest BCUT2D eigenvalue weighted by Gasteiger charge is 2.18. The van der Waals surface area contributed by atoms with Crippen molar-refractivity contribution in [3.8, 4) is 0 Å². The van der Waals surface area contributed by atoms with E-state index >= 15 is 0 Å². The number of amides is 1. The number of rotatable bonds is 4. The van der Waals surface area contributed by atoms with Crippen LogP contribution in [0.1, 0.15) is 16.8 Å². The molecule has 2 aromatic carbocycles. The third-order valence-corrected chi connectivity index (χ3v) is 4.02. The molecule has 6 nitrogen and oxygen atoms in total. The van der Waals surface area contributed by atoms with E-state index in [0.29, 0.717) is 16.7 Å². The van der Waals surface area contributed by atoms with Gasteiger partial charge in [-0.3, -0.25) is 14.4 Å². The number of nitrogens with one attached hydrogen (secondary N) is 2. The maximum absolute atomic E-state index is 12.2. The summed E-state index contributed by atoms with van der Waals surface area (Å²) in [5, 5.41) is 2.56. The quantitative estimate of drug-likeness (QED) is 0.716. The summed E-state index contributed by atoms with van der Waals surface area (Å²) in [6, 6.07) is 12.4. The Morgan fingerprint density at radius 2 is 1.84 bits per heavy atom. The minimum absolute atomic E-state index is 0.0268. The van der Waals surface area contributed by atoms with Crippen LogP contribution in [0.5, 0.6) is 0 Å². The lowest BCUT2D eigenvalue weighted by molar-refractivity contribution is -0.134. The first kappa shape index (κ1) is 16.6. The van der Waals surface area contributed by atoms with Crippen molar-refractivity contribution < 1.29 is 9.59 Å². The van der Waals surface area contributed by atoms with Crippen molar-refractivity contribution in [3.05, 3.63) is 69.6 Å². The van der Waals surface area contributed by atoms with Crippen LogP contribution < -0.4 is 10.9 Å². The lowest BCUT2D eigenvalue weighted by atomic mass is 10.1. The van der Waals surface area contributed by atoms with Crippen molar-refractivity contribution in [1.29, 1.82) is 0 Å². The second kappa shape index (κ2) is 6.68. The largest absolute Gasteiger partial charge is 0.319 e. The van der Waals surface area contributed by atoms with Crippen LogP contribution in [0.25, 0.3) is 11.0 Å². The van der Waals surface area contributed by atoms with Crippen LogP contribution in [0.4, 0.5) is 5.69 Å². The van der Waals surface area contributed by atoms with Crippen LogP contribution in [0.3, 0.4) is 0 Å². The van der Waals surface area contributed by atoms with Gasteiger partial charge in [0.15, 0.2) is 0 Å². The Morgan fingerprint density at radius 1 is 1.08 bits per heavy atom. The van der Waals surface area contributed by atoms with E-state index in [9.17, 15) is 14.4 Å². The summed E-state index contributed by atoms with van der Waals surface area (Å²) >= 11 is 0. The van der Waals surface area contributed by atoms with Gasteiger partial charge in [-0.1, -0.05) is 18.2 Å². The van der Waals surface area contributed by atoms with Crippen molar-refractivity contribution >= 4 is 28.4 Å². The number of aromatic amines is 1. The summed E-state index contributed by atoms with van der Waals surface area (Å²) < 4.78 is 0. The van der Waals surface area contributed by atoms with Gasteiger partial charge < -0.3 is 10.3 Å². The van der Waals surface area contributed by atoms with Crippen LogP contribution in [0.15, 0.2) is 47.3 Å². The Kier molecular flexibility index (Phi) is 4.43. The van der Waals surface area contributed by atoms with Crippen LogP contribution in [-0.2, 0) is 16.0 Å². The minimum Gasteiger partial charge on any atom is -0.319 e. The minimum atomic E-state index is -0.766. The maximum atomic E-state index is 12.2. The second-order valence-corrected chi connectivity index (χ2v) is 5.88. The fourth-order valence-corrected chi connectivity index (χ4v) is 2.44. The third-order valence-electron chi connectivity index (χ3n) is 4.02. The molecule has 0 radical (unpaired) electrons. The highest BCUT2D eigenvalue weighted by atomic mass is 16.2. The Balaban J connectivity index is 1.77. The number of carbonyl (C=O) groups excluding carboxylic acids is 2. The number of H-pyrrole nitrogens is 1. The average Bonchev–Trinajstić information content (AvgIpc) is 2.58. The molecular formula is C19H17N3O3. The van der Waals surface area contributed by atoms with Crippen molar-refractivity contribution in [2.45, 2.75) is 20.3 Å². The number of para-hydroxylation sites is 2. The number of hydrogen-bond donors (Lipinski definition) is 2. The first-order valence-electron chi connectivity index (χ1n) is 7.83. The van der Waals surface area contributed by atoms with Gasteiger partial charge >= 0.3 is 0 Å². The van der Waals surface area contributed by atoms with E-state index in [2.05, 4.69) is 15.3 Å². The average molecular weight is 335 g/mol. The Morgan fingerprint density at radius 3 is 2.60 bits per heavy atom. The van der Waals surface area contributed by atoms with E-state index in [-0.39, 0.29) is 12.1 Å². The number of fused-ring (bicyclic) bond motifs is 1. The smallest absolute Gasteiger partial charge is 0.292 e. The first-order valence-corrected chi connectivity index (χ1v) is 7.83. The van der Waals surface area contributed by atoms with E-state index in [4.69, 9.17) is 0 Å². The number of nitrogens with zero attached hydrogens (tertiary/aromatic N) is 1. The Labute approximate surface area is 143 Å². The number of hydrogen-bond acceptors (Lipinski definition) is 4. The highest BCUT2D eigenvalue weighted by molar-refractivity contribution is 6.41. The summed E-state index contributed by atoms with van der Waals surface area (Å²) in [7, 11) is 0. The van der Waals surface area contributed by atoms with Gasteiger partial charge in [-0.25, -0.2) is 4.98 Å². The van der Waals surface area contributed by atoms with Gasteiger partial charge in [0.2, 0.25) is 5.78 Å². The van der Waals surface area contributed by atoms with Gasteiger partial charge in [-0.2, -0.15) is 0 Å². The lowest BCUT2D eigenvalue weighted by Gasteiger charge is -2.07. The van der Waals surface area contributed by atoms with Gasteiger partial charge in [0.05, 0.1) is 17.5 Å². The van der Waals surface area contributed by atoms with Crippen molar-refractivity contribution in [1.82, 2.24) is 9.97 Å². The molecule has 2 N–H and O–H groups in total. The fourth-order valence-electron chi connectivity index (χ4n) is 2.44. The molecule has 1 aromatic heterocycles. The molecule has 0 saturated carbocycles. The lowest BCUT2D eigenvalue weighted by Crippen LogP contribution is -2.28. The molecule has 0 saturated heterocycles. The van der Waals surface area contributed by atoms with Crippen molar-refractivity contribution in [2.24, 2.45) is 0 Å². The molecule has 3 rings (SSSR count). The zero-order valence-corrected chi connectivity index (χ0v) is 13.9. The van der Waals surface area contributed by atoms with Crippen molar-refractivity contribution in [2.75, 3.05) is 5.32 Å². The van der Waals surface area contributed by atoms with Crippen LogP contribution >= 0.6 is 0 Å². The fraction of sp³-hybridized carbons (Fsp3) is 0.158. The molecule has 0 aliphatic heterocycles. The van der Waals surface area contributed by atoms with E-state index in [0.717, 1.165) is 11.1 Å². The predicted molar refractivity (Wildman–Crippen MR) is 95.6 cm³/mol. The monoisotopic (exact) mass is 335 g/mol. The topological polar surface area (TPSA) is 91.9 Å². The van der Waals surface area contributed by atoms with E-state index in [1.54, 1.807) is 36.4 Å². The molecule has 1 amide bonds. The number of carbonyl (C=O) groups is 2.